The van der Waals surface area contributed by atoms with Crippen LogP contribution in [-0.4, -0.2) is 86.4 Å². The number of hydrogen-bond acceptors (Lipinski definition) is 14. The topological polar surface area (TPSA) is 178 Å². The maximum atomic E-state index is 5.76. The number of aryl methyl sites for hydroxylation is 4. The van der Waals surface area contributed by atoms with E-state index in [0.29, 0.717) is 23.4 Å². The van der Waals surface area contributed by atoms with Gasteiger partial charge >= 0.3 is 0 Å². The van der Waals surface area contributed by atoms with Crippen LogP contribution in [0.3, 0.4) is 0 Å². The van der Waals surface area contributed by atoms with Gasteiger partial charge < -0.3 is 37.6 Å². The Morgan fingerprint density at radius 2 is 1.03 bits per heavy atom. The fourth-order valence-corrected chi connectivity index (χ4v) is 9.12. The lowest BCUT2D eigenvalue weighted by Gasteiger charge is -2.23. The Hall–Kier alpha value is -8.28. The minimum Gasteiger partial charge on any atom is -0.479 e. The predicted molar refractivity (Wildman–Crippen MR) is 250 cm³/mol. The van der Waals surface area contributed by atoms with Crippen molar-refractivity contribution in [1.82, 2.24) is 58.6 Å². The van der Waals surface area contributed by atoms with E-state index in [0.717, 1.165) is 119 Å². The van der Waals surface area contributed by atoms with Gasteiger partial charge in [-0.3, -0.25) is 0 Å². The molecule has 68 heavy (non-hydrogen) atoms. The van der Waals surface area contributed by atoms with E-state index in [4.69, 9.17) is 48.6 Å². The lowest BCUT2D eigenvalue weighted by Crippen LogP contribution is -2.18. The van der Waals surface area contributed by atoms with Crippen LogP contribution in [0.2, 0.25) is 0 Å². The zero-order valence-corrected chi connectivity index (χ0v) is 38.0. The van der Waals surface area contributed by atoms with Crippen molar-refractivity contribution in [1.29, 1.82) is 0 Å². The molecule has 0 amide bonds. The third kappa shape index (κ3) is 8.28. The maximum absolute atomic E-state index is 5.76. The first kappa shape index (κ1) is 42.4. The van der Waals surface area contributed by atoms with Gasteiger partial charge in [-0.15, -0.1) is 0 Å². The summed E-state index contributed by atoms with van der Waals surface area (Å²) >= 11 is 0. The second kappa shape index (κ2) is 18.2. The Kier molecular flexibility index (Phi) is 11.3. The molecule has 10 heterocycles. The van der Waals surface area contributed by atoms with Gasteiger partial charge in [-0.25, -0.2) is 39.3 Å². The van der Waals surface area contributed by atoms with E-state index in [2.05, 4.69) is 32.1 Å². The van der Waals surface area contributed by atoms with Crippen LogP contribution >= 0.6 is 0 Å². The van der Waals surface area contributed by atoms with E-state index in [1.165, 1.54) is 0 Å². The molecule has 18 heteroatoms. The number of aromatic nitrogens is 12. The Bertz CT molecular complexity index is 2990. The molecule has 0 saturated carbocycles. The number of hydrogen-bond donors (Lipinski definition) is 0. The van der Waals surface area contributed by atoms with Crippen molar-refractivity contribution in [2.75, 3.05) is 27.8 Å². The highest BCUT2D eigenvalue weighted by Gasteiger charge is 2.32. The molecule has 0 spiro atoms. The Morgan fingerprint density at radius 1 is 0.559 bits per heavy atom. The van der Waals surface area contributed by atoms with Crippen molar-refractivity contribution in [2.45, 2.75) is 64.5 Å². The second-order valence-corrected chi connectivity index (χ2v) is 16.7. The van der Waals surface area contributed by atoms with Gasteiger partial charge in [0.05, 0.1) is 49.6 Å². The van der Waals surface area contributed by atoms with Crippen LogP contribution in [0.5, 0.6) is 34.8 Å². The van der Waals surface area contributed by atoms with E-state index in [1.54, 1.807) is 26.9 Å². The third-order valence-corrected chi connectivity index (χ3v) is 12.3. The first-order valence-corrected chi connectivity index (χ1v) is 22.5. The van der Waals surface area contributed by atoms with Crippen LogP contribution in [0.15, 0.2) is 85.7 Å². The largest absolute Gasteiger partial charge is 0.479 e. The molecule has 4 aliphatic rings. The van der Waals surface area contributed by atoms with Gasteiger partial charge in [0.25, 0.3) is 0 Å². The number of pyridine rings is 2. The molecule has 2 aromatic carbocycles. The number of benzene rings is 2. The number of rotatable bonds is 10. The van der Waals surface area contributed by atoms with Crippen molar-refractivity contribution in [2.24, 2.45) is 0 Å². The molecule has 12 rings (SSSR count). The summed E-state index contributed by atoms with van der Waals surface area (Å²) < 4.78 is 41.5. The van der Waals surface area contributed by atoms with Gasteiger partial charge in [-0.2, -0.15) is 10.2 Å². The molecule has 0 bridgehead atoms. The lowest BCUT2D eigenvalue weighted by atomic mass is 9.90. The average molecular weight is 913 g/mol. The van der Waals surface area contributed by atoms with Crippen LogP contribution < -0.4 is 28.4 Å². The molecular weight excluding hydrogens is 865 g/mol. The molecule has 4 aliphatic heterocycles. The zero-order valence-electron chi connectivity index (χ0n) is 38.0. The Morgan fingerprint density at radius 3 is 1.46 bits per heavy atom. The quantitative estimate of drug-likeness (QED) is 0.129. The van der Waals surface area contributed by atoms with Crippen molar-refractivity contribution in [3.8, 4) is 46.1 Å². The first-order valence-electron chi connectivity index (χ1n) is 22.5. The Balaban J connectivity index is 0.000000149. The number of ether oxygens (including phenoxy) is 6. The standard InChI is InChI=1S/2C25H24N6O3/c2*1-16-13-30(14-26-16)20-10-8-17(27-25(20)32-2)9-11-22-28-24-19(6-4-12-31(24)29-22)18-5-3-7-21-23(18)34-15-33-21/h2*3,5,7-11,13-14,19H,4,6,12,15H2,1-2H3/b2*11-9+/t2*19-/m10/s1. The number of fused-ring (bicyclic) bond motifs is 4. The van der Waals surface area contributed by atoms with E-state index in [9.17, 15) is 0 Å². The van der Waals surface area contributed by atoms with E-state index >= 15 is 0 Å². The molecule has 8 aromatic rings. The maximum Gasteiger partial charge on any atom is 0.238 e. The molecule has 0 saturated heterocycles. The van der Waals surface area contributed by atoms with Crippen LogP contribution in [0.4, 0.5) is 0 Å². The molecule has 6 aromatic heterocycles. The summed E-state index contributed by atoms with van der Waals surface area (Å²) in [5.74, 6) is 7.74. The monoisotopic (exact) mass is 912 g/mol. The normalized spacial score (nSPS) is 16.7. The fourth-order valence-electron chi connectivity index (χ4n) is 9.12. The molecule has 0 radical (unpaired) electrons. The minimum absolute atomic E-state index is 0.121. The summed E-state index contributed by atoms with van der Waals surface area (Å²) in [6.07, 6.45) is 19.0. The molecule has 2 atom stereocenters. The summed E-state index contributed by atoms with van der Waals surface area (Å²) in [4.78, 5) is 27.5. The molecule has 344 valence electrons. The number of imidazole rings is 2. The molecular formula is C50H48N12O6. The number of nitrogens with zero attached hydrogens (tertiary/aromatic N) is 12. The van der Waals surface area contributed by atoms with Gasteiger partial charge in [0.1, 0.15) is 23.0 Å². The van der Waals surface area contributed by atoms with Crippen molar-refractivity contribution in [3.05, 3.63) is 143 Å². The molecule has 0 fully saturated rings. The van der Waals surface area contributed by atoms with E-state index < -0.39 is 0 Å². The molecule has 0 unspecified atom stereocenters. The van der Waals surface area contributed by atoms with Gasteiger partial charge in [-0.1, -0.05) is 24.3 Å². The van der Waals surface area contributed by atoms with Crippen molar-refractivity contribution in [3.63, 3.8) is 0 Å². The first-order chi connectivity index (χ1) is 33.4. The van der Waals surface area contributed by atoms with E-state index in [-0.39, 0.29) is 25.4 Å². The summed E-state index contributed by atoms with van der Waals surface area (Å²) in [5, 5.41) is 9.44. The molecule has 0 aliphatic carbocycles. The number of para-hydroxylation sites is 2. The predicted octanol–water partition coefficient (Wildman–Crippen LogP) is 8.00. The summed E-state index contributed by atoms with van der Waals surface area (Å²) in [7, 11) is 3.23. The second-order valence-electron chi connectivity index (χ2n) is 16.7. The van der Waals surface area contributed by atoms with Gasteiger partial charge in [0, 0.05) is 48.4 Å². The zero-order chi connectivity index (χ0) is 46.1. The average Bonchev–Trinajstić information content (AvgIpc) is 4.24. The van der Waals surface area contributed by atoms with Crippen molar-refractivity contribution >= 4 is 24.3 Å². The summed E-state index contributed by atoms with van der Waals surface area (Å²) in [5.41, 5.74) is 7.26. The van der Waals surface area contributed by atoms with Crippen LogP contribution in [0.25, 0.3) is 35.7 Å². The van der Waals surface area contributed by atoms with Gasteiger partial charge in [-0.05, 0) is 100 Å². The van der Waals surface area contributed by atoms with Gasteiger partial charge in [0.15, 0.2) is 34.6 Å². The van der Waals surface area contributed by atoms with Crippen LogP contribution in [0.1, 0.15) is 94.7 Å². The third-order valence-electron chi connectivity index (χ3n) is 12.3. The van der Waals surface area contributed by atoms with Gasteiger partial charge in [0.2, 0.25) is 25.3 Å². The highest BCUT2D eigenvalue weighted by Crippen LogP contribution is 2.45. The molecule has 0 N–H and O–H groups in total. The lowest BCUT2D eigenvalue weighted by molar-refractivity contribution is 0.172. The number of methoxy groups -OCH3 is 2. The van der Waals surface area contributed by atoms with Crippen molar-refractivity contribution < 1.29 is 28.4 Å². The minimum atomic E-state index is 0.121. The smallest absolute Gasteiger partial charge is 0.238 e. The van der Waals surface area contributed by atoms with Crippen LogP contribution in [0, 0.1) is 13.8 Å². The van der Waals surface area contributed by atoms with E-state index in [1.807, 2.05) is 118 Å². The van der Waals surface area contributed by atoms with Crippen LogP contribution in [-0.2, 0) is 13.1 Å². The summed E-state index contributed by atoms with van der Waals surface area (Å²) in [6.45, 7) is 6.11. The fraction of sp³-hybridized carbons (Fsp3) is 0.280. The Labute approximate surface area is 391 Å². The summed E-state index contributed by atoms with van der Waals surface area (Å²) in [6, 6.07) is 19.9. The molecule has 18 nitrogen and oxygen atoms in total. The SMILES string of the molecule is COc1nc(/C=C/c2nc3n(n2)CCC[C@@H]3c2cccc3c2OCO3)ccc1-n1cnc(C)c1.COc1nc(/C=C/c2nc3n(n2)CCC[C@H]3c2cccc3c2OCO3)ccc1-n1cnc(C)c1. The highest BCUT2D eigenvalue weighted by molar-refractivity contribution is 5.67. The highest BCUT2D eigenvalue weighted by atomic mass is 16.7.